The van der Waals surface area contributed by atoms with Gasteiger partial charge in [0.2, 0.25) is 11.8 Å². The summed E-state index contributed by atoms with van der Waals surface area (Å²) in [6, 6.07) is 0.881. The molecule has 1 aliphatic heterocycles. The molecular formula is C14H18FN3O2. The Morgan fingerprint density at radius 1 is 1.45 bits per heavy atom. The highest BCUT2D eigenvalue weighted by molar-refractivity contribution is 5.89. The van der Waals surface area contributed by atoms with Crippen LogP contribution in [-0.2, 0) is 16.1 Å². The largest absolute Gasteiger partial charge is 0.344 e. The molecule has 1 N–H and O–H groups in total. The maximum absolute atomic E-state index is 13.1. The van der Waals surface area contributed by atoms with Crippen molar-refractivity contribution in [2.24, 2.45) is 0 Å². The molecule has 108 valence electrons. The Bertz CT molecular complexity index is 507. The normalized spacial score (nSPS) is 19.7. The van der Waals surface area contributed by atoms with Gasteiger partial charge in [-0.1, -0.05) is 13.3 Å². The minimum atomic E-state index is -0.475. The number of nitrogens with zero attached hydrogens (tertiary/aromatic N) is 2. The molecule has 1 aromatic rings. The Labute approximate surface area is 117 Å². The van der Waals surface area contributed by atoms with Crippen molar-refractivity contribution in [2.45, 2.75) is 38.8 Å². The molecule has 1 atom stereocenters. The lowest BCUT2D eigenvalue weighted by molar-refractivity contribution is -0.134. The van der Waals surface area contributed by atoms with E-state index in [9.17, 15) is 14.0 Å². The summed E-state index contributed by atoms with van der Waals surface area (Å²) in [5.41, 5.74) is 0.628. The zero-order chi connectivity index (χ0) is 14.5. The molecule has 2 heterocycles. The van der Waals surface area contributed by atoms with Gasteiger partial charge in [-0.25, -0.2) is 4.39 Å². The minimum Gasteiger partial charge on any atom is -0.344 e. The molecule has 20 heavy (non-hydrogen) atoms. The predicted molar refractivity (Wildman–Crippen MR) is 71.1 cm³/mol. The Hall–Kier alpha value is -1.98. The fourth-order valence-electron chi connectivity index (χ4n) is 2.30. The van der Waals surface area contributed by atoms with Crippen LogP contribution in [0.3, 0.4) is 0 Å². The van der Waals surface area contributed by atoms with Crippen molar-refractivity contribution in [1.82, 2.24) is 15.2 Å². The molecule has 0 saturated carbocycles. The van der Waals surface area contributed by atoms with Crippen molar-refractivity contribution >= 4 is 11.8 Å². The number of carbonyl (C=O) groups excluding carboxylic acids is 2. The highest BCUT2D eigenvalue weighted by Crippen LogP contribution is 2.12. The molecule has 1 saturated heterocycles. The predicted octanol–water partition coefficient (Wildman–Crippen LogP) is 1.24. The first-order valence-electron chi connectivity index (χ1n) is 6.77. The fraction of sp³-hybridized carbons (Fsp3) is 0.500. The van der Waals surface area contributed by atoms with E-state index in [1.165, 1.54) is 12.3 Å². The summed E-state index contributed by atoms with van der Waals surface area (Å²) in [5, 5.41) is 2.74. The summed E-state index contributed by atoms with van der Waals surface area (Å²) in [6.45, 7) is 2.59. The van der Waals surface area contributed by atoms with E-state index in [0.29, 0.717) is 18.5 Å². The van der Waals surface area contributed by atoms with E-state index in [-0.39, 0.29) is 24.8 Å². The average Bonchev–Trinajstić information content (AvgIpc) is 2.53. The zero-order valence-electron chi connectivity index (χ0n) is 11.4. The summed E-state index contributed by atoms with van der Waals surface area (Å²) in [6.07, 6.45) is 4.35. The van der Waals surface area contributed by atoms with Crippen molar-refractivity contribution in [3.63, 3.8) is 0 Å². The van der Waals surface area contributed by atoms with Gasteiger partial charge in [0.1, 0.15) is 11.9 Å². The van der Waals surface area contributed by atoms with Gasteiger partial charge in [-0.3, -0.25) is 14.6 Å². The SMILES string of the molecule is CCCC1NC(=O)CCN(Cc2cncc(F)c2)C1=O. The van der Waals surface area contributed by atoms with Crippen LogP contribution in [0.2, 0.25) is 0 Å². The topological polar surface area (TPSA) is 62.3 Å². The van der Waals surface area contributed by atoms with E-state index >= 15 is 0 Å². The quantitative estimate of drug-likeness (QED) is 0.902. The molecule has 0 aliphatic carbocycles. The molecule has 0 aromatic carbocycles. The fourth-order valence-corrected chi connectivity index (χ4v) is 2.30. The number of halogens is 1. The average molecular weight is 279 g/mol. The van der Waals surface area contributed by atoms with Crippen LogP contribution in [-0.4, -0.2) is 34.3 Å². The number of hydrogen-bond donors (Lipinski definition) is 1. The lowest BCUT2D eigenvalue weighted by atomic mass is 10.1. The lowest BCUT2D eigenvalue weighted by Crippen LogP contribution is -2.44. The van der Waals surface area contributed by atoms with E-state index in [1.54, 1.807) is 4.90 Å². The summed E-state index contributed by atoms with van der Waals surface area (Å²) in [5.74, 6) is -0.650. The second-order valence-electron chi connectivity index (χ2n) is 4.93. The van der Waals surface area contributed by atoms with Crippen LogP contribution in [0.4, 0.5) is 4.39 Å². The number of pyridine rings is 1. The van der Waals surface area contributed by atoms with Gasteiger partial charge in [-0.2, -0.15) is 0 Å². The van der Waals surface area contributed by atoms with Gasteiger partial charge in [0.25, 0.3) is 0 Å². The summed E-state index contributed by atoms with van der Waals surface area (Å²) in [7, 11) is 0. The van der Waals surface area contributed by atoms with E-state index in [2.05, 4.69) is 10.3 Å². The number of rotatable bonds is 4. The first-order valence-corrected chi connectivity index (χ1v) is 6.77. The van der Waals surface area contributed by atoms with Crippen molar-refractivity contribution < 1.29 is 14.0 Å². The molecule has 1 unspecified atom stereocenters. The van der Waals surface area contributed by atoms with Crippen molar-refractivity contribution in [2.75, 3.05) is 6.54 Å². The molecule has 2 rings (SSSR count). The maximum atomic E-state index is 13.1. The number of nitrogens with one attached hydrogen (secondary N) is 1. The van der Waals surface area contributed by atoms with Gasteiger partial charge < -0.3 is 10.2 Å². The molecular weight excluding hydrogens is 261 g/mol. The highest BCUT2D eigenvalue weighted by atomic mass is 19.1. The molecule has 1 aromatic heterocycles. The van der Waals surface area contributed by atoms with Gasteiger partial charge in [-0.15, -0.1) is 0 Å². The third kappa shape index (κ3) is 3.53. The lowest BCUT2D eigenvalue weighted by Gasteiger charge is -2.23. The first kappa shape index (κ1) is 14.4. The van der Waals surface area contributed by atoms with E-state index in [1.807, 2.05) is 6.92 Å². The maximum Gasteiger partial charge on any atom is 0.245 e. The smallest absolute Gasteiger partial charge is 0.245 e. The van der Waals surface area contributed by atoms with Crippen LogP contribution in [0.25, 0.3) is 0 Å². The van der Waals surface area contributed by atoms with Gasteiger partial charge in [0.05, 0.1) is 6.20 Å². The van der Waals surface area contributed by atoms with E-state index in [0.717, 1.165) is 12.6 Å². The summed E-state index contributed by atoms with van der Waals surface area (Å²) >= 11 is 0. The van der Waals surface area contributed by atoms with E-state index in [4.69, 9.17) is 0 Å². The monoisotopic (exact) mass is 279 g/mol. The van der Waals surface area contributed by atoms with Gasteiger partial charge in [-0.05, 0) is 18.1 Å². The third-order valence-electron chi connectivity index (χ3n) is 3.27. The highest BCUT2D eigenvalue weighted by Gasteiger charge is 2.29. The van der Waals surface area contributed by atoms with Crippen molar-refractivity contribution in [3.05, 3.63) is 29.8 Å². The zero-order valence-corrected chi connectivity index (χ0v) is 11.4. The van der Waals surface area contributed by atoms with Crippen LogP contribution < -0.4 is 5.32 Å². The van der Waals surface area contributed by atoms with Gasteiger partial charge in [0.15, 0.2) is 0 Å². The molecule has 0 radical (unpaired) electrons. The number of carbonyl (C=O) groups is 2. The third-order valence-corrected chi connectivity index (χ3v) is 3.27. The van der Waals surface area contributed by atoms with Gasteiger partial charge in [0, 0.05) is 25.7 Å². The minimum absolute atomic E-state index is 0.109. The standard InChI is InChI=1S/C14H18FN3O2/c1-2-3-12-14(20)18(5-4-13(19)17-12)9-10-6-11(15)8-16-7-10/h6-8,12H,2-5,9H2,1H3,(H,17,19). The second kappa shape index (κ2) is 6.45. The molecule has 5 nitrogen and oxygen atoms in total. The second-order valence-corrected chi connectivity index (χ2v) is 4.93. The molecule has 0 spiro atoms. The van der Waals surface area contributed by atoms with Crippen molar-refractivity contribution in [1.29, 1.82) is 0 Å². The molecule has 2 amide bonds. The number of aromatic nitrogens is 1. The Morgan fingerprint density at radius 2 is 2.25 bits per heavy atom. The Morgan fingerprint density at radius 3 is 2.95 bits per heavy atom. The van der Waals surface area contributed by atoms with Crippen LogP contribution in [0, 0.1) is 5.82 Å². The number of amides is 2. The van der Waals surface area contributed by atoms with Gasteiger partial charge >= 0.3 is 0 Å². The molecule has 6 heteroatoms. The molecule has 1 aliphatic rings. The number of hydrogen-bond acceptors (Lipinski definition) is 3. The summed E-state index contributed by atoms with van der Waals surface area (Å²) in [4.78, 5) is 29.3. The van der Waals surface area contributed by atoms with Crippen LogP contribution in [0.15, 0.2) is 18.5 Å². The van der Waals surface area contributed by atoms with Crippen molar-refractivity contribution in [3.8, 4) is 0 Å². The van der Waals surface area contributed by atoms with Crippen LogP contribution in [0.1, 0.15) is 31.7 Å². The first-order chi connectivity index (χ1) is 9.60. The molecule has 0 bridgehead atoms. The van der Waals surface area contributed by atoms with Crippen LogP contribution >= 0.6 is 0 Å². The van der Waals surface area contributed by atoms with E-state index < -0.39 is 11.9 Å². The Kier molecular flexibility index (Phi) is 4.65. The Balaban J connectivity index is 2.12. The summed E-state index contributed by atoms with van der Waals surface area (Å²) < 4.78 is 13.1. The van der Waals surface area contributed by atoms with Crippen LogP contribution in [0.5, 0.6) is 0 Å². The molecule has 1 fully saturated rings.